The van der Waals surface area contributed by atoms with Gasteiger partial charge in [0, 0.05) is 12.8 Å². The number of aliphatic carboxylic acids is 1. The number of quaternary nitrogens is 1. The van der Waals surface area contributed by atoms with Gasteiger partial charge in [0.15, 0.2) is 6.10 Å². The Morgan fingerprint density at radius 1 is 0.413 bits per heavy atom. The van der Waals surface area contributed by atoms with Crippen LogP contribution < -0.4 is 0 Å². The van der Waals surface area contributed by atoms with Gasteiger partial charge in [-0.25, -0.2) is 4.79 Å². The second-order valence-corrected chi connectivity index (χ2v) is 20.9. The van der Waals surface area contributed by atoms with Gasteiger partial charge in [0.25, 0.3) is 6.29 Å². The van der Waals surface area contributed by atoms with E-state index in [1.165, 1.54) is 89.9 Å². The molecule has 0 aliphatic carbocycles. The first-order valence-corrected chi connectivity index (χ1v) is 30.1. The molecular weight excluding hydrogens is 935 g/mol. The molecule has 0 heterocycles. The number of carboxylic acids is 1. The molecule has 2 unspecified atom stereocenters. The van der Waals surface area contributed by atoms with Crippen LogP contribution in [0.15, 0.2) is 109 Å². The van der Waals surface area contributed by atoms with E-state index in [4.69, 9.17) is 18.9 Å². The van der Waals surface area contributed by atoms with Gasteiger partial charge in [-0.15, -0.1) is 0 Å². The highest BCUT2D eigenvalue weighted by Gasteiger charge is 2.25. The lowest BCUT2D eigenvalue weighted by Gasteiger charge is -2.25. The Morgan fingerprint density at radius 2 is 0.760 bits per heavy atom. The fraction of sp³-hybridized carbons (Fsp3) is 0.682. The fourth-order valence-corrected chi connectivity index (χ4v) is 7.91. The van der Waals surface area contributed by atoms with Crippen molar-refractivity contribution in [1.29, 1.82) is 0 Å². The van der Waals surface area contributed by atoms with Crippen molar-refractivity contribution in [3.63, 3.8) is 0 Å². The summed E-state index contributed by atoms with van der Waals surface area (Å²) in [5.74, 6) is -2.03. The molecule has 0 bridgehead atoms. The minimum Gasteiger partial charge on any atom is -0.477 e. The maximum Gasteiger partial charge on any atom is 0.361 e. The average molecular weight is 1050 g/mol. The predicted octanol–water partition coefficient (Wildman–Crippen LogP) is 17.9. The van der Waals surface area contributed by atoms with Crippen molar-refractivity contribution >= 4 is 17.9 Å². The van der Waals surface area contributed by atoms with Gasteiger partial charge in [0.05, 0.1) is 34.4 Å². The van der Waals surface area contributed by atoms with Gasteiger partial charge in [0.1, 0.15) is 13.2 Å². The number of rotatable bonds is 54. The second kappa shape index (κ2) is 56.2. The van der Waals surface area contributed by atoms with Crippen LogP contribution in [-0.4, -0.2) is 87.4 Å². The van der Waals surface area contributed by atoms with Crippen LogP contribution >= 0.6 is 0 Å². The van der Waals surface area contributed by atoms with Crippen molar-refractivity contribution in [3.05, 3.63) is 109 Å². The molecule has 0 rings (SSSR count). The highest BCUT2D eigenvalue weighted by Crippen LogP contribution is 2.15. The fourth-order valence-electron chi connectivity index (χ4n) is 7.91. The summed E-state index contributed by atoms with van der Waals surface area (Å²) in [7, 11) is 5.96. The first-order valence-electron chi connectivity index (χ1n) is 30.1. The number of unbranched alkanes of at least 4 members (excludes halogenated alkanes) is 21. The summed E-state index contributed by atoms with van der Waals surface area (Å²) >= 11 is 0. The van der Waals surface area contributed by atoms with Gasteiger partial charge in [-0.3, -0.25) is 9.59 Å². The van der Waals surface area contributed by atoms with E-state index in [1.54, 1.807) is 0 Å². The highest BCUT2D eigenvalue weighted by atomic mass is 16.7. The molecule has 0 amide bonds. The standard InChI is InChI=1S/C66H111NO8/c1-6-8-10-12-14-16-18-20-22-24-26-28-30-31-32-33-35-37-39-41-43-45-47-49-51-53-55-57-64(69)75-62(61-74-66(65(70)71)72-59-58-67(3,4)5)60-73-63(68)56-54-52-50-48-46-44-42-40-38-36-34-29-27-25-23-21-19-17-15-13-11-9-7-2/h8,10,14,16,19-22,25-28,31-32,34-37,62,66H,6-7,9,11-13,15,17-18,23-24,29-30,33,38-61H2,1-5H3/p+1/b10-8-,16-14-,21-19-,22-20-,27-25-,28-26-,32-31-,36-34-,37-35-. The minimum atomic E-state index is -1.52. The lowest BCUT2D eigenvalue weighted by molar-refractivity contribution is -0.870. The van der Waals surface area contributed by atoms with Crippen molar-refractivity contribution in [2.75, 3.05) is 47.5 Å². The molecular formula is C66H112NO8+. The number of carboxylic acid groups (broad SMARTS) is 1. The van der Waals surface area contributed by atoms with Crippen LogP contribution in [0, 0.1) is 0 Å². The number of likely N-dealkylation sites (N-methyl/N-ethyl adjacent to an activating group) is 1. The lowest BCUT2D eigenvalue weighted by atomic mass is 10.1. The zero-order chi connectivity index (χ0) is 54.8. The van der Waals surface area contributed by atoms with Crippen LogP contribution in [0.25, 0.3) is 0 Å². The van der Waals surface area contributed by atoms with E-state index in [0.29, 0.717) is 17.4 Å². The first kappa shape index (κ1) is 71.0. The molecule has 1 N–H and O–H groups in total. The Kier molecular flexibility index (Phi) is 53.1. The highest BCUT2D eigenvalue weighted by molar-refractivity contribution is 5.71. The van der Waals surface area contributed by atoms with Gasteiger partial charge in [-0.1, -0.05) is 226 Å². The third-order valence-electron chi connectivity index (χ3n) is 12.5. The molecule has 0 saturated heterocycles. The predicted molar refractivity (Wildman–Crippen MR) is 318 cm³/mol. The van der Waals surface area contributed by atoms with E-state index in [1.807, 2.05) is 21.1 Å². The van der Waals surface area contributed by atoms with Crippen LogP contribution in [0.3, 0.4) is 0 Å². The van der Waals surface area contributed by atoms with E-state index >= 15 is 0 Å². The number of hydrogen-bond donors (Lipinski definition) is 1. The quantitative estimate of drug-likeness (QED) is 0.0211. The first-order chi connectivity index (χ1) is 36.6. The third kappa shape index (κ3) is 57.5. The van der Waals surface area contributed by atoms with E-state index in [9.17, 15) is 19.5 Å². The monoisotopic (exact) mass is 1050 g/mol. The zero-order valence-electron chi connectivity index (χ0n) is 48.7. The zero-order valence-corrected chi connectivity index (χ0v) is 48.7. The molecule has 0 saturated carbocycles. The third-order valence-corrected chi connectivity index (χ3v) is 12.5. The molecule has 0 aliphatic heterocycles. The minimum absolute atomic E-state index is 0.179. The molecule has 428 valence electrons. The maximum absolute atomic E-state index is 12.9. The van der Waals surface area contributed by atoms with Gasteiger partial charge >= 0.3 is 17.9 Å². The molecule has 0 aromatic rings. The molecule has 9 heteroatoms. The molecule has 0 spiro atoms. The summed E-state index contributed by atoms with van der Waals surface area (Å²) < 4.78 is 22.9. The second-order valence-electron chi connectivity index (χ2n) is 20.9. The van der Waals surface area contributed by atoms with Gasteiger partial charge in [-0.2, -0.15) is 0 Å². The molecule has 0 fully saturated rings. The summed E-state index contributed by atoms with van der Waals surface area (Å²) in [4.78, 5) is 37.5. The van der Waals surface area contributed by atoms with Gasteiger partial charge < -0.3 is 28.5 Å². The number of hydrogen-bond acceptors (Lipinski definition) is 7. The van der Waals surface area contributed by atoms with E-state index < -0.39 is 24.3 Å². The summed E-state index contributed by atoms with van der Waals surface area (Å²) in [6, 6.07) is 0. The Bertz CT molecular complexity index is 1590. The Balaban J connectivity index is 4.30. The normalized spacial score (nSPS) is 13.6. The smallest absolute Gasteiger partial charge is 0.361 e. The Morgan fingerprint density at radius 3 is 1.13 bits per heavy atom. The number of carbonyl (C=O) groups is 3. The summed E-state index contributed by atoms with van der Waals surface area (Å²) in [6.45, 7) is 4.73. The van der Waals surface area contributed by atoms with Crippen LogP contribution in [0.5, 0.6) is 0 Å². The summed E-state index contributed by atoms with van der Waals surface area (Å²) in [6.07, 6.45) is 74.4. The number of esters is 2. The van der Waals surface area contributed by atoms with E-state index in [-0.39, 0.29) is 38.6 Å². The van der Waals surface area contributed by atoms with Crippen LogP contribution in [0.2, 0.25) is 0 Å². The van der Waals surface area contributed by atoms with Crippen molar-refractivity contribution in [1.82, 2.24) is 0 Å². The molecule has 75 heavy (non-hydrogen) atoms. The molecule has 0 aromatic heterocycles. The Labute approximate surface area is 460 Å². The number of ether oxygens (including phenoxy) is 4. The van der Waals surface area contributed by atoms with Gasteiger partial charge in [-0.05, 0) is 103 Å². The van der Waals surface area contributed by atoms with Crippen molar-refractivity contribution in [2.45, 2.75) is 245 Å². The van der Waals surface area contributed by atoms with Crippen molar-refractivity contribution in [3.8, 4) is 0 Å². The molecule has 0 aliphatic rings. The number of nitrogens with zero attached hydrogens (tertiary/aromatic N) is 1. The van der Waals surface area contributed by atoms with Crippen LogP contribution in [-0.2, 0) is 33.3 Å². The van der Waals surface area contributed by atoms with Gasteiger partial charge in [0.2, 0.25) is 0 Å². The molecule has 0 radical (unpaired) electrons. The Hall–Kier alpha value is -4.05. The summed E-state index contributed by atoms with van der Waals surface area (Å²) in [5.41, 5.74) is 0. The topological polar surface area (TPSA) is 108 Å². The van der Waals surface area contributed by atoms with Crippen LogP contribution in [0.1, 0.15) is 232 Å². The van der Waals surface area contributed by atoms with Crippen LogP contribution in [0.4, 0.5) is 0 Å². The SMILES string of the molecule is CC/C=C\C/C=C\C/C=C\C/C=C\C/C=C\C/C=C\CCCCCCCCCCC(=O)OC(COC(=O)CCCCCCCCCC/C=C\C/C=C\C/C=C\CCCCCCC)COC(OCC[N+](C)(C)C)C(=O)O. The van der Waals surface area contributed by atoms with E-state index in [2.05, 4.69) is 123 Å². The largest absolute Gasteiger partial charge is 0.477 e. The number of allylic oxidation sites excluding steroid dienone is 18. The lowest BCUT2D eigenvalue weighted by Crippen LogP contribution is -2.40. The van der Waals surface area contributed by atoms with Crippen molar-refractivity contribution < 1.29 is 42.9 Å². The van der Waals surface area contributed by atoms with E-state index in [0.717, 1.165) is 109 Å². The molecule has 0 aromatic carbocycles. The molecule has 9 nitrogen and oxygen atoms in total. The average Bonchev–Trinajstić information content (AvgIpc) is 3.38. The summed E-state index contributed by atoms with van der Waals surface area (Å²) in [5, 5.41) is 9.71. The molecule has 2 atom stereocenters. The van der Waals surface area contributed by atoms with Crippen molar-refractivity contribution in [2.24, 2.45) is 0 Å². The number of carbonyl (C=O) groups excluding carboxylic acids is 2. The maximum atomic E-state index is 12.9.